The number of aryl methyl sites for hydroxylation is 1. The lowest BCUT2D eigenvalue weighted by Crippen LogP contribution is -3.00. The van der Waals surface area contributed by atoms with Crippen LogP contribution in [-0.2, 0) is 13.5 Å². The van der Waals surface area contributed by atoms with Crippen LogP contribution in [-0.4, -0.2) is 6.54 Å². The average Bonchev–Trinajstić information content (AvgIpc) is 2.77. The van der Waals surface area contributed by atoms with E-state index in [0.717, 1.165) is 18.8 Å². The number of pyridine rings is 1. The monoisotopic (exact) mass is 443 g/mol. The lowest BCUT2D eigenvalue weighted by atomic mass is 9.97. The molecule has 1 aromatic heterocycles. The Morgan fingerprint density at radius 3 is 2.52 bits per heavy atom. The summed E-state index contributed by atoms with van der Waals surface area (Å²) in [5.41, 5.74) is 5.37. The number of halogens is 1. The van der Waals surface area contributed by atoms with E-state index in [1.165, 1.54) is 22.4 Å². The first-order valence-corrected chi connectivity index (χ1v) is 8.42. The molecule has 1 unspecified atom stereocenters. The topological polar surface area (TPSA) is 27.9 Å². The predicted molar refractivity (Wildman–Crippen MR) is 98.2 cm³/mol. The Morgan fingerprint density at radius 2 is 1.68 bits per heavy atom. The highest BCUT2D eigenvalue weighted by Crippen LogP contribution is 2.32. The van der Waals surface area contributed by atoms with Gasteiger partial charge in [-0.05, 0) is 35.2 Å². The van der Waals surface area contributed by atoms with Crippen molar-refractivity contribution in [3.63, 3.8) is 0 Å². The van der Waals surface area contributed by atoms with Crippen LogP contribution in [0.1, 0.15) is 22.7 Å². The molecule has 4 heteroatoms. The fourth-order valence-electron chi connectivity index (χ4n) is 3.40. The molecule has 0 bridgehead atoms. The van der Waals surface area contributed by atoms with Crippen molar-refractivity contribution < 1.29 is 28.5 Å². The van der Waals surface area contributed by atoms with Crippen molar-refractivity contribution >= 4 is 11.5 Å². The first-order chi connectivity index (χ1) is 11.8. The maximum atomic E-state index is 3.73. The number of nitrogens with zero attached hydrogens (tertiary/aromatic N) is 1. The van der Waals surface area contributed by atoms with Crippen LogP contribution in [0.2, 0.25) is 0 Å². The summed E-state index contributed by atoms with van der Waals surface area (Å²) in [5.74, 6) is 1.12. The fraction of sp³-hybridized carbons (Fsp3) is 0.190. The van der Waals surface area contributed by atoms with Crippen molar-refractivity contribution in [1.29, 1.82) is 0 Å². The molecule has 0 saturated carbocycles. The van der Waals surface area contributed by atoms with E-state index in [-0.39, 0.29) is 30.0 Å². The summed E-state index contributed by atoms with van der Waals surface area (Å²) in [6.45, 7) is 0.837. The molecule has 1 aliphatic heterocycles. The minimum Gasteiger partial charge on any atom is -1.00 e. The Kier molecular flexibility index (Phi) is 5.58. The van der Waals surface area contributed by atoms with Crippen molar-refractivity contribution in [2.24, 2.45) is 7.05 Å². The van der Waals surface area contributed by atoms with E-state index in [9.17, 15) is 0 Å². The number of para-hydroxylation sites is 1. The molecule has 0 saturated heterocycles. The van der Waals surface area contributed by atoms with Gasteiger partial charge in [0, 0.05) is 11.8 Å². The predicted octanol–water partition coefficient (Wildman–Crippen LogP) is 0.685. The molecule has 3 aromatic rings. The Morgan fingerprint density at radius 1 is 0.960 bits per heavy atom. The number of rotatable bonds is 3. The van der Waals surface area contributed by atoms with E-state index in [1.54, 1.807) is 0 Å². The highest BCUT2D eigenvalue weighted by atomic mass is 127. The number of fused-ring (bicyclic) bond motifs is 2. The van der Waals surface area contributed by atoms with Gasteiger partial charge < -0.3 is 29.3 Å². The quantitative estimate of drug-likeness (QED) is 0.461. The molecule has 3 nitrogen and oxygen atoms in total. The average molecular weight is 443 g/mol. The normalized spacial score (nSPS) is 15.0. The molecular formula is C21H22IN3. The molecule has 0 fully saturated rings. The van der Waals surface area contributed by atoms with E-state index in [2.05, 4.69) is 89.1 Å². The molecule has 2 aromatic carbocycles. The van der Waals surface area contributed by atoms with Gasteiger partial charge in [0.05, 0.1) is 19.3 Å². The molecule has 0 amide bonds. The SMILES string of the molecule is C[n+]1ccccc1NCC1Nc2ccccc2Cc2ccccc21.[I-]. The number of hydrogen-bond donors (Lipinski definition) is 2. The van der Waals surface area contributed by atoms with E-state index in [4.69, 9.17) is 0 Å². The van der Waals surface area contributed by atoms with Crippen LogP contribution in [0.3, 0.4) is 0 Å². The molecule has 0 aliphatic carbocycles. The maximum absolute atomic E-state index is 3.73. The molecule has 25 heavy (non-hydrogen) atoms. The second kappa shape index (κ2) is 7.87. The third-order valence-corrected chi connectivity index (χ3v) is 4.70. The summed E-state index contributed by atoms with van der Waals surface area (Å²) in [4.78, 5) is 0. The number of benzene rings is 2. The van der Waals surface area contributed by atoms with Gasteiger partial charge in [0.15, 0.2) is 0 Å². The van der Waals surface area contributed by atoms with Crippen molar-refractivity contribution in [2.45, 2.75) is 12.5 Å². The van der Waals surface area contributed by atoms with Crippen LogP contribution in [0.25, 0.3) is 0 Å². The van der Waals surface area contributed by atoms with Crippen molar-refractivity contribution in [2.75, 3.05) is 17.2 Å². The highest BCUT2D eigenvalue weighted by molar-refractivity contribution is 5.58. The molecule has 1 aliphatic rings. The Hall–Kier alpha value is -2.08. The lowest BCUT2D eigenvalue weighted by molar-refractivity contribution is -0.657. The second-order valence-electron chi connectivity index (χ2n) is 6.31. The number of anilines is 2. The standard InChI is InChI=1S/C21H21N3.HI/c1-24-13-7-6-12-21(24)22-15-20-18-10-4-2-8-16(18)14-17-9-3-5-11-19(17)23-20;/h2-13,20,23H,14-15H2,1H3;1H. The highest BCUT2D eigenvalue weighted by Gasteiger charge is 2.22. The molecule has 128 valence electrons. The second-order valence-corrected chi connectivity index (χ2v) is 6.31. The summed E-state index contributed by atoms with van der Waals surface area (Å²) in [5, 5.41) is 7.32. The zero-order chi connectivity index (χ0) is 16.4. The van der Waals surface area contributed by atoms with Crippen LogP contribution >= 0.6 is 0 Å². The first-order valence-electron chi connectivity index (χ1n) is 8.42. The third-order valence-electron chi connectivity index (χ3n) is 4.70. The summed E-state index contributed by atoms with van der Waals surface area (Å²) in [6, 6.07) is 23.8. The number of nitrogens with one attached hydrogen (secondary N) is 2. The van der Waals surface area contributed by atoms with Crippen LogP contribution in [0, 0.1) is 0 Å². The van der Waals surface area contributed by atoms with Crippen molar-refractivity contribution in [3.8, 4) is 0 Å². The summed E-state index contributed by atoms with van der Waals surface area (Å²) < 4.78 is 2.11. The Bertz CT molecular complexity index is 863. The summed E-state index contributed by atoms with van der Waals surface area (Å²) in [7, 11) is 2.06. The fourth-order valence-corrected chi connectivity index (χ4v) is 3.40. The van der Waals surface area contributed by atoms with Gasteiger partial charge in [-0.3, -0.25) is 5.32 Å². The first kappa shape index (κ1) is 17.7. The zero-order valence-corrected chi connectivity index (χ0v) is 16.4. The molecule has 2 heterocycles. The van der Waals surface area contributed by atoms with E-state index in [1.807, 2.05) is 6.07 Å². The molecular weight excluding hydrogens is 421 g/mol. The van der Waals surface area contributed by atoms with Gasteiger partial charge in [-0.15, -0.1) is 0 Å². The Balaban J connectivity index is 0.00000182. The van der Waals surface area contributed by atoms with Gasteiger partial charge in [-0.25, -0.2) is 4.57 Å². The van der Waals surface area contributed by atoms with Gasteiger partial charge in [0.25, 0.3) is 5.82 Å². The van der Waals surface area contributed by atoms with Crippen LogP contribution in [0.15, 0.2) is 72.9 Å². The van der Waals surface area contributed by atoms with E-state index >= 15 is 0 Å². The van der Waals surface area contributed by atoms with Crippen molar-refractivity contribution in [3.05, 3.63) is 89.6 Å². The summed E-state index contributed by atoms with van der Waals surface area (Å²) in [6.07, 6.45) is 3.04. The number of hydrogen-bond acceptors (Lipinski definition) is 2. The van der Waals surface area contributed by atoms with Gasteiger partial charge in [0.2, 0.25) is 0 Å². The van der Waals surface area contributed by atoms with Gasteiger partial charge in [0.1, 0.15) is 6.54 Å². The lowest BCUT2D eigenvalue weighted by Gasteiger charge is -2.19. The van der Waals surface area contributed by atoms with Gasteiger partial charge in [-0.2, -0.15) is 0 Å². The third kappa shape index (κ3) is 3.79. The van der Waals surface area contributed by atoms with Crippen LogP contribution in [0.5, 0.6) is 0 Å². The smallest absolute Gasteiger partial charge is 0.274 e. The van der Waals surface area contributed by atoms with E-state index < -0.39 is 0 Å². The minimum absolute atomic E-state index is 0. The van der Waals surface area contributed by atoms with Gasteiger partial charge >= 0.3 is 0 Å². The largest absolute Gasteiger partial charge is 1.00 e. The maximum Gasteiger partial charge on any atom is 0.274 e. The van der Waals surface area contributed by atoms with Crippen LogP contribution < -0.4 is 39.2 Å². The zero-order valence-electron chi connectivity index (χ0n) is 14.2. The molecule has 0 spiro atoms. The molecule has 2 N–H and O–H groups in total. The van der Waals surface area contributed by atoms with Crippen molar-refractivity contribution in [1.82, 2.24) is 0 Å². The van der Waals surface area contributed by atoms with Crippen LogP contribution in [0.4, 0.5) is 11.5 Å². The Labute approximate surface area is 166 Å². The van der Waals surface area contributed by atoms with E-state index in [0.29, 0.717) is 0 Å². The van der Waals surface area contributed by atoms with Gasteiger partial charge in [-0.1, -0.05) is 48.5 Å². The minimum atomic E-state index is 0. The number of aromatic nitrogens is 1. The molecule has 1 atom stereocenters. The summed E-state index contributed by atoms with van der Waals surface area (Å²) >= 11 is 0. The molecule has 4 rings (SSSR count). The molecule has 0 radical (unpaired) electrons.